The van der Waals surface area contributed by atoms with E-state index in [-0.39, 0.29) is 5.41 Å². The van der Waals surface area contributed by atoms with Gasteiger partial charge < -0.3 is 4.40 Å². The number of benzene rings is 4. The summed E-state index contributed by atoms with van der Waals surface area (Å²) in [6.45, 7) is 7.01. The van der Waals surface area contributed by atoms with E-state index in [2.05, 4.69) is 114 Å². The van der Waals surface area contributed by atoms with Gasteiger partial charge in [-0.05, 0) is 80.4 Å². The molecule has 7 rings (SSSR count). The summed E-state index contributed by atoms with van der Waals surface area (Å²) in [5, 5.41) is 9.06. The Morgan fingerprint density at radius 2 is 1.64 bits per heavy atom. The Balaban J connectivity index is 1.91. The number of hydrogen-bond acceptors (Lipinski definition) is 1. The molecule has 3 heterocycles. The molecule has 3 heteroatoms. The van der Waals surface area contributed by atoms with Gasteiger partial charge in [0.2, 0.25) is 0 Å². The first-order valence-corrected chi connectivity index (χ1v) is 12.6. The molecule has 0 saturated carbocycles. The molecule has 0 N–H and O–H groups in total. The van der Waals surface area contributed by atoms with Crippen LogP contribution in [-0.2, 0) is 6.42 Å². The first-order chi connectivity index (χ1) is 15.9. The lowest BCUT2D eigenvalue weighted by Gasteiger charge is -2.23. The zero-order chi connectivity index (χ0) is 22.5. The third kappa shape index (κ3) is 2.63. The largest absolute Gasteiger partial charge is 0.308 e. The molecular weight excluding hydrogens is 515 g/mol. The van der Waals surface area contributed by atoms with Crippen molar-refractivity contribution in [1.29, 1.82) is 0 Å². The van der Waals surface area contributed by atoms with Crippen LogP contribution in [0.2, 0.25) is 0 Å². The van der Waals surface area contributed by atoms with E-state index < -0.39 is 0 Å². The minimum absolute atomic E-state index is 0.158. The lowest BCUT2D eigenvalue weighted by atomic mass is 9.84. The molecule has 0 saturated heterocycles. The number of aromatic nitrogens is 2. The van der Waals surface area contributed by atoms with Gasteiger partial charge in [0.15, 0.2) is 0 Å². The van der Waals surface area contributed by atoms with E-state index in [0.717, 1.165) is 11.9 Å². The molecule has 33 heavy (non-hydrogen) atoms. The fourth-order valence-corrected chi connectivity index (χ4v) is 6.54. The van der Waals surface area contributed by atoms with E-state index in [0.29, 0.717) is 0 Å². The minimum Gasteiger partial charge on any atom is -0.308 e. The summed E-state index contributed by atoms with van der Waals surface area (Å²) >= 11 is 2.49. The van der Waals surface area contributed by atoms with Gasteiger partial charge in [-0.2, -0.15) is 0 Å². The smallest absolute Gasteiger partial charge is 0.0823 e. The van der Waals surface area contributed by atoms with E-state index in [1.165, 1.54) is 63.4 Å². The van der Waals surface area contributed by atoms with Gasteiger partial charge in [-0.1, -0.05) is 63.2 Å². The zero-order valence-electron chi connectivity index (χ0n) is 18.9. The van der Waals surface area contributed by atoms with Crippen LogP contribution in [0.1, 0.15) is 26.3 Å². The van der Waals surface area contributed by atoms with Crippen LogP contribution in [-0.4, -0.2) is 9.38 Å². The predicted octanol–water partition coefficient (Wildman–Crippen LogP) is 8.73. The highest BCUT2D eigenvalue weighted by atomic mass is 127. The SMILES string of the molecule is CC(C)(C)Cc1c2ccccc2cc2c3nccc4ccc5c6c(I)cccc6n(c12)c5c43. The van der Waals surface area contributed by atoms with Crippen LogP contribution >= 0.6 is 22.6 Å². The van der Waals surface area contributed by atoms with Crippen LogP contribution in [0.5, 0.6) is 0 Å². The second kappa shape index (κ2) is 6.57. The topological polar surface area (TPSA) is 17.3 Å². The second-order valence-electron chi connectivity index (χ2n) is 10.4. The molecule has 0 fully saturated rings. The average molecular weight is 538 g/mol. The first-order valence-electron chi connectivity index (χ1n) is 11.5. The maximum atomic E-state index is 4.98. The van der Waals surface area contributed by atoms with Crippen molar-refractivity contribution in [2.45, 2.75) is 27.2 Å². The van der Waals surface area contributed by atoms with Crippen LogP contribution in [0.25, 0.3) is 59.8 Å². The van der Waals surface area contributed by atoms with Crippen LogP contribution < -0.4 is 0 Å². The average Bonchev–Trinajstić information content (AvgIpc) is 3.14. The van der Waals surface area contributed by atoms with Crippen molar-refractivity contribution < 1.29 is 0 Å². The van der Waals surface area contributed by atoms with Crippen molar-refractivity contribution in [3.8, 4) is 0 Å². The number of nitrogens with zero attached hydrogens (tertiary/aromatic N) is 2. The molecular formula is C30H23IN2. The van der Waals surface area contributed by atoms with Gasteiger partial charge in [0.05, 0.1) is 22.1 Å². The monoisotopic (exact) mass is 538 g/mol. The molecule has 0 aliphatic heterocycles. The summed E-state index contributed by atoms with van der Waals surface area (Å²) < 4.78 is 3.84. The van der Waals surface area contributed by atoms with Gasteiger partial charge >= 0.3 is 0 Å². The minimum atomic E-state index is 0.158. The molecule has 3 aromatic heterocycles. The van der Waals surface area contributed by atoms with E-state index in [4.69, 9.17) is 4.98 Å². The normalized spacial score (nSPS) is 13.0. The van der Waals surface area contributed by atoms with E-state index in [1.807, 2.05) is 6.20 Å². The third-order valence-electron chi connectivity index (χ3n) is 6.94. The maximum Gasteiger partial charge on any atom is 0.0823 e. The Labute approximate surface area is 205 Å². The summed E-state index contributed by atoms with van der Waals surface area (Å²) in [5.41, 5.74) is 6.58. The molecule has 0 atom stereocenters. The molecule has 0 spiro atoms. The quantitative estimate of drug-likeness (QED) is 0.116. The lowest BCUT2D eigenvalue weighted by Crippen LogP contribution is -2.11. The Hall–Kier alpha value is -2.92. The highest BCUT2D eigenvalue weighted by Gasteiger charge is 2.24. The summed E-state index contributed by atoms with van der Waals surface area (Å²) in [5.74, 6) is 0. The Bertz CT molecular complexity index is 1890. The van der Waals surface area contributed by atoms with Crippen molar-refractivity contribution in [3.63, 3.8) is 0 Å². The molecule has 0 radical (unpaired) electrons. The lowest BCUT2D eigenvalue weighted by molar-refractivity contribution is 0.413. The standard InChI is InChI=1S/C30H23IN2/c1-30(2,3)16-22-19-8-5-4-7-18(19)15-21-27-25-17(13-14-32-27)11-12-20-26-23(31)9-6-10-24(26)33(28(21)22)29(20)25/h4-15H,16H2,1-3H3. The van der Waals surface area contributed by atoms with Gasteiger partial charge in [-0.15, -0.1) is 0 Å². The van der Waals surface area contributed by atoms with Crippen LogP contribution in [0.15, 0.2) is 72.9 Å². The maximum absolute atomic E-state index is 4.98. The molecule has 160 valence electrons. The number of rotatable bonds is 1. The molecule has 0 aliphatic rings. The number of hydrogen-bond donors (Lipinski definition) is 0. The van der Waals surface area contributed by atoms with Gasteiger partial charge in [0.25, 0.3) is 0 Å². The molecule has 4 aromatic carbocycles. The summed E-state index contributed by atoms with van der Waals surface area (Å²) in [6.07, 6.45) is 2.97. The second-order valence-corrected chi connectivity index (χ2v) is 11.6. The summed E-state index contributed by atoms with van der Waals surface area (Å²) in [6, 6.07) is 24.6. The Morgan fingerprint density at radius 1 is 0.788 bits per heavy atom. The fourth-order valence-electron chi connectivity index (χ4n) is 5.76. The molecule has 0 amide bonds. The van der Waals surface area contributed by atoms with Crippen molar-refractivity contribution in [3.05, 3.63) is 82.1 Å². The molecule has 0 bridgehead atoms. The number of fused-ring (bicyclic) bond motifs is 7. The van der Waals surface area contributed by atoms with Crippen LogP contribution in [0, 0.1) is 8.99 Å². The zero-order valence-corrected chi connectivity index (χ0v) is 21.1. The van der Waals surface area contributed by atoms with Gasteiger partial charge in [0, 0.05) is 31.3 Å². The highest BCUT2D eigenvalue weighted by molar-refractivity contribution is 14.1. The van der Waals surface area contributed by atoms with E-state index in [1.54, 1.807) is 0 Å². The van der Waals surface area contributed by atoms with Crippen molar-refractivity contribution in [2.24, 2.45) is 5.41 Å². The number of halogens is 1. The Kier molecular flexibility index (Phi) is 3.89. The number of pyridine rings is 2. The summed E-state index contributed by atoms with van der Waals surface area (Å²) in [4.78, 5) is 4.98. The first kappa shape index (κ1) is 19.5. The van der Waals surface area contributed by atoms with Crippen molar-refractivity contribution in [2.75, 3.05) is 0 Å². The molecule has 0 aliphatic carbocycles. The van der Waals surface area contributed by atoms with Gasteiger partial charge in [0.1, 0.15) is 0 Å². The highest BCUT2D eigenvalue weighted by Crippen LogP contribution is 2.44. The van der Waals surface area contributed by atoms with E-state index in [9.17, 15) is 0 Å². The molecule has 0 unspecified atom stereocenters. The van der Waals surface area contributed by atoms with Crippen molar-refractivity contribution in [1.82, 2.24) is 9.38 Å². The predicted molar refractivity (Wildman–Crippen MR) is 150 cm³/mol. The van der Waals surface area contributed by atoms with Crippen LogP contribution in [0.3, 0.4) is 0 Å². The molecule has 2 nitrogen and oxygen atoms in total. The Morgan fingerprint density at radius 3 is 2.48 bits per heavy atom. The van der Waals surface area contributed by atoms with Gasteiger partial charge in [-0.25, -0.2) is 0 Å². The van der Waals surface area contributed by atoms with E-state index >= 15 is 0 Å². The van der Waals surface area contributed by atoms with Gasteiger partial charge in [-0.3, -0.25) is 4.98 Å². The van der Waals surface area contributed by atoms with Crippen LogP contribution in [0.4, 0.5) is 0 Å². The molecule has 7 aromatic rings. The third-order valence-corrected chi connectivity index (χ3v) is 7.84. The van der Waals surface area contributed by atoms with Crippen molar-refractivity contribution >= 4 is 82.4 Å². The fraction of sp³-hybridized carbons (Fsp3) is 0.167. The summed E-state index contributed by atoms with van der Waals surface area (Å²) in [7, 11) is 0.